The highest BCUT2D eigenvalue weighted by molar-refractivity contribution is 7.08. The third kappa shape index (κ3) is 4.15. The fourth-order valence-corrected chi connectivity index (χ4v) is 2.20. The van der Waals surface area contributed by atoms with E-state index < -0.39 is 0 Å². The lowest BCUT2D eigenvalue weighted by atomic mass is 10.2. The maximum absolute atomic E-state index is 11.6. The van der Waals surface area contributed by atoms with Crippen LogP contribution in [-0.4, -0.2) is 19.1 Å². The van der Waals surface area contributed by atoms with E-state index in [9.17, 15) is 4.79 Å². The van der Waals surface area contributed by atoms with Crippen LogP contribution in [0.1, 0.15) is 15.9 Å². The second kappa shape index (κ2) is 7.37. The molecule has 4 heteroatoms. The third-order valence-corrected chi connectivity index (χ3v) is 3.32. The van der Waals surface area contributed by atoms with Gasteiger partial charge in [0.15, 0.2) is 0 Å². The summed E-state index contributed by atoms with van der Waals surface area (Å²) in [6.45, 7) is 2.63. The van der Waals surface area contributed by atoms with Crippen molar-refractivity contribution >= 4 is 17.2 Å². The van der Waals surface area contributed by atoms with Crippen LogP contribution in [0.5, 0.6) is 5.75 Å². The molecule has 0 aliphatic carbocycles. The van der Waals surface area contributed by atoms with E-state index in [1.165, 1.54) is 11.3 Å². The highest BCUT2D eigenvalue weighted by Crippen LogP contribution is 2.15. The molecule has 0 spiro atoms. The van der Waals surface area contributed by atoms with Gasteiger partial charge < -0.3 is 10.1 Å². The molecule has 1 aromatic carbocycles. The van der Waals surface area contributed by atoms with Crippen LogP contribution in [-0.2, 0) is 0 Å². The molecule has 0 aliphatic heterocycles. The number of amides is 1. The number of rotatable bonds is 4. The Hall–Kier alpha value is -2.25. The number of ether oxygens (including phenoxy) is 1. The largest absolute Gasteiger partial charge is 0.481 e. The molecule has 0 atom stereocenters. The van der Waals surface area contributed by atoms with Gasteiger partial charge in [0.1, 0.15) is 12.4 Å². The molecule has 1 aromatic heterocycles. The van der Waals surface area contributed by atoms with E-state index in [0.717, 1.165) is 11.3 Å². The smallest absolute Gasteiger partial charge is 0.252 e. The molecule has 0 bridgehead atoms. The molecule has 0 radical (unpaired) electrons. The minimum absolute atomic E-state index is 0.0969. The molecule has 3 nitrogen and oxygen atoms in total. The minimum atomic E-state index is -0.0969. The molecule has 0 unspecified atom stereocenters. The van der Waals surface area contributed by atoms with Crippen LogP contribution in [0, 0.1) is 18.8 Å². The van der Waals surface area contributed by atoms with Gasteiger partial charge in [-0.3, -0.25) is 4.79 Å². The van der Waals surface area contributed by atoms with E-state index in [1.54, 1.807) is 6.07 Å². The van der Waals surface area contributed by atoms with Crippen LogP contribution in [0.15, 0.2) is 41.1 Å². The van der Waals surface area contributed by atoms with E-state index in [0.29, 0.717) is 18.7 Å². The highest BCUT2D eigenvalue weighted by Gasteiger charge is 2.02. The molecule has 0 aliphatic rings. The summed E-state index contributed by atoms with van der Waals surface area (Å²) < 4.78 is 5.53. The molecule has 1 amide bonds. The Morgan fingerprint density at radius 1 is 1.30 bits per heavy atom. The Balaban J connectivity index is 1.71. The third-order valence-electron chi connectivity index (χ3n) is 2.64. The average Bonchev–Trinajstić information content (AvgIpc) is 2.98. The number of thiophene rings is 1. The van der Waals surface area contributed by atoms with Crippen LogP contribution in [0.25, 0.3) is 0 Å². The van der Waals surface area contributed by atoms with Crippen molar-refractivity contribution in [3.63, 3.8) is 0 Å². The molecule has 20 heavy (non-hydrogen) atoms. The maximum Gasteiger partial charge on any atom is 0.252 e. The zero-order valence-corrected chi connectivity index (χ0v) is 12.0. The van der Waals surface area contributed by atoms with Crippen LogP contribution in [0.3, 0.4) is 0 Å². The summed E-state index contributed by atoms with van der Waals surface area (Å²) in [6, 6.07) is 9.58. The number of aryl methyl sites for hydroxylation is 1. The van der Waals surface area contributed by atoms with Gasteiger partial charge >= 0.3 is 0 Å². The number of hydrogen-bond acceptors (Lipinski definition) is 3. The van der Waals surface area contributed by atoms with E-state index in [-0.39, 0.29) is 5.91 Å². The van der Waals surface area contributed by atoms with E-state index in [4.69, 9.17) is 4.74 Å². The van der Waals surface area contributed by atoms with Gasteiger partial charge in [-0.05, 0) is 30.0 Å². The zero-order valence-electron chi connectivity index (χ0n) is 11.2. The first-order valence-corrected chi connectivity index (χ1v) is 7.16. The minimum Gasteiger partial charge on any atom is -0.481 e. The Labute approximate surface area is 122 Å². The second-order valence-electron chi connectivity index (χ2n) is 4.10. The van der Waals surface area contributed by atoms with Crippen molar-refractivity contribution in [2.24, 2.45) is 0 Å². The summed E-state index contributed by atoms with van der Waals surface area (Å²) in [5.41, 5.74) is 1.76. The van der Waals surface area contributed by atoms with Gasteiger partial charge in [0.05, 0.1) is 12.1 Å². The van der Waals surface area contributed by atoms with Gasteiger partial charge in [0, 0.05) is 5.38 Å². The number of para-hydroxylation sites is 1. The summed E-state index contributed by atoms with van der Waals surface area (Å²) in [5, 5.41) is 6.41. The van der Waals surface area contributed by atoms with Crippen molar-refractivity contribution in [2.45, 2.75) is 6.92 Å². The monoisotopic (exact) mass is 285 g/mol. The lowest BCUT2D eigenvalue weighted by Crippen LogP contribution is -2.23. The highest BCUT2D eigenvalue weighted by atomic mass is 32.1. The summed E-state index contributed by atoms with van der Waals surface area (Å²) in [7, 11) is 0. The molecule has 1 N–H and O–H groups in total. The van der Waals surface area contributed by atoms with Gasteiger partial charge in [0.2, 0.25) is 0 Å². The number of carbonyl (C=O) groups excluding carboxylic acids is 1. The van der Waals surface area contributed by atoms with Gasteiger partial charge in [-0.15, -0.1) is 0 Å². The van der Waals surface area contributed by atoms with Crippen molar-refractivity contribution in [2.75, 3.05) is 13.2 Å². The molecular weight excluding hydrogens is 270 g/mol. The first kappa shape index (κ1) is 14.2. The Morgan fingerprint density at radius 2 is 2.15 bits per heavy atom. The van der Waals surface area contributed by atoms with Crippen molar-refractivity contribution in [3.05, 3.63) is 52.2 Å². The van der Waals surface area contributed by atoms with Gasteiger partial charge in [-0.25, -0.2) is 0 Å². The molecule has 102 valence electrons. The Bertz CT molecular complexity index is 623. The molecular formula is C16H15NO2S. The normalized spacial score (nSPS) is 9.45. The fraction of sp³-hybridized carbons (Fsp3) is 0.188. The Kier molecular flexibility index (Phi) is 5.22. The summed E-state index contributed by atoms with van der Waals surface area (Å²) >= 11 is 1.50. The van der Waals surface area contributed by atoms with Crippen LogP contribution in [0.4, 0.5) is 0 Å². The topological polar surface area (TPSA) is 38.3 Å². The molecule has 0 saturated carbocycles. The zero-order chi connectivity index (χ0) is 14.2. The Morgan fingerprint density at radius 3 is 2.90 bits per heavy atom. The molecule has 0 saturated heterocycles. The van der Waals surface area contributed by atoms with E-state index in [1.807, 2.05) is 41.9 Å². The summed E-state index contributed by atoms with van der Waals surface area (Å²) in [6.07, 6.45) is 0. The SMILES string of the molecule is Cc1ccccc1OCC#CCNC(=O)c1ccsc1. The van der Waals surface area contributed by atoms with Crippen molar-refractivity contribution in [1.29, 1.82) is 0 Å². The molecule has 2 aromatic rings. The lowest BCUT2D eigenvalue weighted by molar-refractivity contribution is 0.0959. The van der Waals surface area contributed by atoms with Crippen LogP contribution >= 0.6 is 11.3 Å². The predicted molar refractivity (Wildman–Crippen MR) is 81.1 cm³/mol. The summed E-state index contributed by atoms with van der Waals surface area (Å²) in [4.78, 5) is 11.6. The van der Waals surface area contributed by atoms with Crippen molar-refractivity contribution in [3.8, 4) is 17.6 Å². The lowest BCUT2D eigenvalue weighted by Gasteiger charge is -2.04. The predicted octanol–water partition coefficient (Wildman–Crippen LogP) is 2.87. The second-order valence-corrected chi connectivity index (χ2v) is 4.88. The van der Waals surface area contributed by atoms with Gasteiger partial charge in [-0.1, -0.05) is 30.0 Å². The number of nitrogens with one attached hydrogen (secondary N) is 1. The fourth-order valence-electron chi connectivity index (χ4n) is 1.57. The summed E-state index contributed by atoms with van der Waals surface area (Å²) in [5.74, 6) is 6.48. The number of benzene rings is 1. The standard InChI is InChI=1S/C16H15NO2S/c1-13-6-2-3-7-15(13)19-10-5-4-9-17-16(18)14-8-11-20-12-14/h2-3,6-8,11-12H,9-10H2,1H3,(H,17,18). The van der Waals surface area contributed by atoms with Crippen molar-refractivity contribution < 1.29 is 9.53 Å². The first-order chi connectivity index (χ1) is 9.77. The molecule has 0 fully saturated rings. The number of hydrogen-bond donors (Lipinski definition) is 1. The van der Waals surface area contributed by atoms with Gasteiger partial charge in [-0.2, -0.15) is 11.3 Å². The average molecular weight is 285 g/mol. The molecule has 1 heterocycles. The van der Waals surface area contributed by atoms with E-state index in [2.05, 4.69) is 17.2 Å². The van der Waals surface area contributed by atoms with Gasteiger partial charge in [0.25, 0.3) is 5.91 Å². The molecule has 2 rings (SSSR count). The van der Waals surface area contributed by atoms with E-state index >= 15 is 0 Å². The van der Waals surface area contributed by atoms with Crippen LogP contribution in [0.2, 0.25) is 0 Å². The van der Waals surface area contributed by atoms with Crippen LogP contribution < -0.4 is 10.1 Å². The first-order valence-electron chi connectivity index (χ1n) is 6.22. The maximum atomic E-state index is 11.6. The quantitative estimate of drug-likeness (QED) is 0.877. The number of carbonyl (C=O) groups is 1. The van der Waals surface area contributed by atoms with Crippen molar-refractivity contribution in [1.82, 2.24) is 5.32 Å².